The molecule has 19 heavy (non-hydrogen) atoms. The molecule has 2 rings (SSSR count). The van der Waals surface area contributed by atoms with Crippen LogP contribution in [-0.4, -0.2) is 9.97 Å². The molecule has 0 aliphatic heterocycles. The Morgan fingerprint density at radius 2 is 2.32 bits per heavy atom. The smallest absolute Gasteiger partial charge is 0.115 e. The second kappa shape index (κ2) is 6.12. The van der Waals surface area contributed by atoms with Crippen LogP contribution in [-0.2, 0) is 0 Å². The number of benzene rings is 1. The molecular formula is C14H17N3S2. The van der Waals surface area contributed by atoms with Gasteiger partial charge in [-0.1, -0.05) is 31.3 Å². The summed E-state index contributed by atoms with van der Waals surface area (Å²) >= 11 is 6.78. The van der Waals surface area contributed by atoms with Crippen molar-refractivity contribution in [3.05, 3.63) is 45.9 Å². The van der Waals surface area contributed by atoms with Gasteiger partial charge in [-0.2, -0.15) is 0 Å². The quantitative estimate of drug-likeness (QED) is 0.826. The van der Waals surface area contributed by atoms with E-state index >= 15 is 0 Å². The highest BCUT2D eigenvalue weighted by Crippen LogP contribution is 2.28. The fourth-order valence-electron chi connectivity index (χ4n) is 1.98. The standard InChI is InChI=1S/C14H17N3S2/c1-3-11(14-16-7-8-19-14)17-12-9(2)5-4-6-10(12)13(15)18/h4-8,11,17H,3H2,1-2H3,(H2,15,18). The van der Waals surface area contributed by atoms with Gasteiger partial charge in [-0.15, -0.1) is 11.3 Å². The summed E-state index contributed by atoms with van der Waals surface area (Å²) in [6, 6.07) is 6.17. The molecule has 0 aliphatic rings. The molecule has 1 aromatic heterocycles. The molecule has 1 aromatic carbocycles. The van der Waals surface area contributed by atoms with Crippen LogP contribution in [0.3, 0.4) is 0 Å². The van der Waals surface area contributed by atoms with Crippen LogP contribution in [0.1, 0.15) is 35.5 Å². The molecule has 5 heteroatoms. The highest BCUT2D eigenvalue weighted by Gasteiger charge is 2.15. The SMILES string of the molecule is CCC(Nc1c(C)cccc1C(N)=S)c1nccs1. The Morgan fingerprint density at radius 1 is 1.53 bits per heavy atom. The van der Waals surface area contributed by atoms with Crippen LogP contribution in [0.4, 0.5) is 5.69 Å². The Bertz CT molecular complexity index is 564. The number of aromatic nitrogens is 1. The summed E-state index contributed by atoms with van der Waals surface area (Å²) in [5, 5.41) is 6.60. The Balaban J connectivity index is 2.34. The van der Waals surface area contributed by atoms with Crippen LogP contribution in [0.5, 0.6) is 0 Å². The largest absolute Gasteiger partial charge is 0.389 e. The lowest BCUT2D eigenvalue weighted by Crippen LogP contribution is -2.17. The number of thiazole rings is 1. The Kier molecular flexibility index (Phi) is 4.50. The molecule has 3 N–H and O–H groups in total. The van der Waals surface area contributed by atoms with Crippen molar-refractivity contribution in [2.24, 2.45) is 5.73 Å². The summed E-state index contributed by atoms with van der Waals surface area (Å²) in [6.07, 6.45) is 2.79. The van der Waals surface area contributed by atoms with E-state index in [0.717, 1.165) is 28.2 Å². The van der Waals surface area contributed by atoms with Crippen LogP contribution in [0.15, 0.2) is 29.8 Å². The van der Waals surface area contributed by atoms with Crippen LogP contribution < -0.4 is 11.1 Å². The van der Waals surface area contributed by atoms with Crippen molar-refractivity contribution in [2.75, 3.05) is 5.32 Å². The molecule has 0 bridgehead atoms. The van der Waals surface area contributed by atoms with Crippen LogP contribution in [0, 0.1) is 6.92 Å². The average Bonchev–Trinajstić information content (AvgIpc) is 2.90. The van der Waals surface area contributed by atoms with Gasteiger partial charge in [0, 0.05) is 22.8 Å². The summed E-state index contributed by atoms with van der Waals surface area (Å²) in [6.45, 7) is 4.19. The monoisotopic (exact) mass is 291 g/mol. The van der Waals surface area contributed by atoms with E-state index in [1.165, 1.54) is 0 Å². The predicted octanol–water partition coefficient (Wildman–Crippen LogP) is 3.65. The number of aryl methyl sites for hydroxylation is 1. The van der Waals surface area contributed by atoms with Gasteiger partial charge >= 0.3 is 0 Å². The normalized spacial score (nSPS) is 12.1. The lowest BCUT2D eigenvalue weighted by Gasteiger charge is -2.20. The minimum atomic E-state index is 0.189. The minimum Gasteiger partial charge on any atom is -0.389 e. The highest BCUT2D eigenvalue weighted by atomic mass is 32.1. The number of hydrogen-bond acceptors (Lipinski definition) is 4. The second-order valence-corrected chi connectivity index (χ2v) is 5.70. The molecule has 0 spiro atoms. The van der Waals surface area contributed by atoms with E-state index in [1.54, 1.807) is 11.3 Å². The zero-order valence-electron chi connectivity index (χ0n) is 11.0. The van der Waals surface area contributed by atoms with Crippen molar-refractivity contribution in [1.82, 2.24) is 4.98 Å². The molecule has 0 saturated carbocycles. The van der Waals surface area contributed by atoms with Crippen molar-refractivity contribution in [3.63, 3.8) is 0 Å². The summed E-state index contributed by atoms with van der Waals surface area (Å²) in [7, 11) is 0. The van der Waals surface area contributed by atoms with E-state index in [1.807, 2.05) is 23.7 Å². The number of nitrogens with zero attached hydrogens (tertiary/aromatic N) is 1. The number of rotatable bonds is 5. The fraction of sp³-hybridized carbons (Fsp3) is 0.286. The summed E-state index contributed by atoms with van der Waals surface area (Å²) in [4.78, 5) is 4.80. The minimum absolute atomic E-state index is 0.189. The van der Waals surface area contributed by atoms with Crippen molar-refractivity contribution in [1.29, 1.82) is 0 Å². The molecule has 3 nitrogen and oxygen atoms in total. The van der Waals surface area contributed by atoms with E-state index in [4.69, 9.17) is 18.0 Å². The van der Waals surface area contributed by atoms with E-state index in [0.29, 0.717) is 4.99 Å². The molecule has 0 fully saturated rings. The lowest BCUT2D eigenvalue weighted by atomic mass is 10.1. The molecule has 0 amide bonds. The molecule has 1 heterocycles. The number of para-hydroxylation sites is 1. The number of anilines is 1. The molecule has 0 aliphatic carbocycles. The van der Waals surface area contributed by atoms with E-state index < -0.39 is 0 Å². The van der Waals surface area contributed by atoms with E-state index in [9.17, 15) is 0 Å². The van der Waals surface area contributed by atoms with Crippen LogP contribution >= 0.6 is 23.6 Å². The fourth-order valence-corrected chi connectivity index (χ4v) is 2.93. The number of nitrogens with two attached hydrogens (primary N) is 1. The van der Waals surface area contributed by atoms with Crippen molar-refractivity contribution >= 4 is 34.2 Å². The summed E-state index contributed by atoms with van der Waals surface area (Å²) in [5.74, 6) is 0. The third kappa shape index (κ3) is 3.11. The van der Waals surface area contributed by atoms with Gasteiger partial charge in [-0.05, 0) is 25.0 Å². The van der Waals surface area contributed by atoms with E-state index in [-0.39, 0.29) is 6.04 Å². The van der Waals surface area contributed by atoms with Gasteiger partial charge in [0.25, 0.3) is 0 Å². The molecule has 1 unspecified atom stereocenters. The zero-order chi connectivity index (χ0) is 13.8. The van der Waals surface area contributed by atoms with Gasteiger partial charge in [0.05, 0.1) is 6.04 Å². The second-order valence-electron chi connectivity index (χ2n) is 4.34. The number of nitrogens with one attached hydrogen (secondary N) is 1. The van der Waals surface area contributed by atoms with Gasteiger partial charge in [0.1, 0.15) is 10.00 Å². The first-order valence-electron chi connectivity index (χ1n) is 6.18. The first-order valence-corrected chi connectivity index (χ1v) is 7.47. The molecule has 0 saturated heterocycles. The topological polar surface area (TPSA) is 50.9 Å². The van der Waals surface area contributed by atoms with Gasteiger partial charge in [-0.3, -0.25) is 0 Å². The Hall–Kier alpha value is -1.46. The zero-order valence-corrected chi connectivity index (χ0v) is 12.6. The third-order valence-electron chi connectivity index (χ3n) is 3.01. The van der Waals surface area contributed by atoms with Gasteiger partial charge in [-0.25, -0.2) is 4.98 Å². The molecule has 2 aromatic rings. The maximum absolute atomic E-state index is 5.80. The van der Waals surface area contributed by atoms with Crippen molar-refractivity contribution in [3.8, 4) is 0 Å². The van der Waals surface area contributed by atoms with Crippen LogP contribution in [0.2, 0.25) is 0 Å². The highest BCUT2D eigenvalue weighted by molar-refractivity contribution is 7.80. The van der Waals surface area contributed by atoms with Crippen molar-refractivity contribution < 1.29 is 0 Å². The Labute approximate surface area is 122 Å². The molecule has 1 atom stereocenters. The average molecular weight is 291 g/mol. The maximum Gasteiger partial charge on any atom is 0.115 e. The molecule has 0 radical (unpaired) electrons. The molecular weight excluding hydrogens is 274 g/mol. The third-order valence-corrected chi connectivity index (χ3v) is 4.12. The van der Waals surface area contributed by atoms with Crippen LogP contribution in [0.25, 0.3) is 0 Å². The van der Waals surface area contributed by atoms with Gasteiger partial charge in [0.15, 0.2) is 0 Å². The van der Waals surface area contributed by atoms with Gasteiger partial charge < -0.3 is 11.1 Å². The van der Waals surface area contributed by atoms with E-state index in [2.05, 4.69) is 30.2 Å². The lowest BCUT2D eigenvalue weighted by molar-refractivity contribution is 0.741. The molecule has 100 valence electrons. The Morgan fingerprint density at radius 3 is 2.89 bits per heavy atom. The van der Waals surface area contributed by atoms with Gasteiger partial charge in [0.2, 0.25) is 0 Å². The summed E-state index contributed by atoms with van der Waals surface area (Å²) in [5.41, 5.74) is 8.84. The first kappa shape index (κ1) is 14.0. The van der Waals surface area contributed by atoms with Crippen molar-refractivity contribution in [2.45, 2.75) is 26.3 Å². The number of hydrogen-bond donors (Lipinski definition) is 2. The first-order chi connectivity index (χ1) is 9.13. The predicted molar refractivity (Wildman–Crippen MR) is 85.8 cm³/mol. The maximum atomic E-state index is 5.80. The number of thiocarbonyl (C=S) groups is 1. The summed E-state index contributed by atoms with van der Waals surface area (Å²) < 4.78 is 0.